The highest BCUT2D eigenvalue weighted by molar-refractivity contribution is 14.0. The average Bonchev–Trinajstić information content (AvgIpc) is 2.83. The minimum atomic E-state index is -0.0961. The van der Waals surface area contributed by atoms with Gasteiger partial charge in [-0.3, -0.25) is 4.68 Å². The molecule has 1 fully saturated rings. The number of likely N-dealkylation sites (tertiary alicyclic amines) is 1. The van der Waals surface area contributed by atoms with Gasteiger partial charge < -0.3 is 20.6 Å². The summed E-state index contributed by atoms with van der Waals surface area (Å²) in [6.07, 6.45) is 2.79. The van der Waals surface area contributed by atoms with Crippen LogP contribution in [0.1, 0.15) is 43.1 Å². The van der Waals surface area contributed by atoms with Crippen LogP contribution in [-0.4, -0.2) is 64.6 Å². The zero-order valence-corrected chi connectivity index (χ0v) is 18.9. The number of hydrogen-bond donors (Lipinski definition) is 3. The van der Waals surface area contributed by atoms with Crippen LogP contribution in [0.4, 0.5) is 0 Å². The third kappa shape index (κ3) is 7.03. The molecule has 0 radical (unpaired) electrons. The lowest BCUT2D eigenvalue weighted by Crippen LogP contribution is -2.40. The van der Waals surface area contributed by atoms with E-state index >= 15 is 0 Å². The van der Waals surface area contributed by atoms with Crippen LogP contribution in [-0.2, 0) is 13.6 Å². The standard InChI is InChI=1S/C18H34N6O.HI/c1-5-19-18(21-13-17-14(2)22-23(4)15(17)3)20-9-6-10-24-11-7-16(25)8-12-24;/h16,25H,5-13H2,1-4H3,(H2,19,20,21);1H. The lowest BCUT2D eigenvalue weighted by Gasteiger charge is -2.29. The Bertz CT molecular complexity index is 566. The van der Waals surface area contributed by atoms with Crippen molar-refractivity contribution in [2.75, 3.05) is 32.7 Å². The molecule has 26 heavy (non-hydrogen) atoms. The minimum absolute atomic E-state index is 0. The number of nitrogens with zero attached hydrogens (tertiary/aromatic N) is 4. The molecule has 8 heteroatoms. The monoisotopic (exact) mass is 478 g/mol. The number of aliphatic hydroxyl groups is 1. The topological polar surface area (TPSA) is 77.7 Å². The molecule has 150 valence electrons. The van der Waals surface area contributed by atoms with E-state index in [-0.39, 0.29) is 30.1 Å². The van der Waals surface area contributed by atoms with Crippen molar-refractivity contribution < 1.29 is 5.11 Å². The van der Waals surface area contributed by atoms with E-state index in [1.165, 1.54) is 11.3 Å². The van der Waals surface area contributed by atoms with Gasteiger partial charge in [-0.1, -0.05) is 0 Å². The predicted octanol–water partition coefficient (Wildman–Crippen LogP) is 1.56. The van der Waals surface area contributed by atoms with Crippen LogP contribution in [0.5, 0.6) is 0 Å². The van der Waals surface area contributed by atoms with Crippen molar-refractivity contribution in [1.82, 2.24) is 25.3 Å². The molecule has 1 aliphatic rings. The molecule has 1 aromatic rings. The quantitative estimate of drug-likeness (QED) is 0.240. The molecule has 1 aliphatic heterocycles. The maximum Gasteiger partial charge on any atom is 0.191 e. The SMILES string of the molecule is CCNC(=NCc1c(C)nn(C)c1C)NCCCN1CCC(O)CC1.I. The van der Waals surface area contributed by atoms with E-state index in [4.69, 9.17) is 4.99 Å². The molecule has 3 N–H and O–H groups in total. The fourth-order valence-electron chi connectivity index (χ4n) is 3.20. The number of nitrogens with one attached hydrogen (secondary N) is 2. The summed E-state index contributed by atoms with van der Waals surface area (Å²) >= 11 is 0. The van der Waals surface area contributed by atoms with Gasteiger partial charge in [0.1, 0.15) is 0 Å². The molecule has 0 unspecified atom stereocenters. The number of aliphatic imine (C=N–C) groups is 1. The number of guanidine groups is 1. The van der Waals surface area contributed by atoms with Gasteiger partial charge in [0.15, 0.2) is 5.96 Å². The van der Waals surface area contributed by atoms with Crippen LogP contribution in [0.2, 0.25) is 0 Å². The molecule has 0 atom stereocenters. The summed E-state index contributed by atoms with van der Waals surface area (Å²) < 4.78 is 1.91. The summed E-state index contributed by atoms with van der Waals surface area (Å²) in [5.74, 6) is 0.860. The van der Waals surface area contributed by atoms with E-state index in [0.29, 0.717) is 6.54 Å². The molecule has 1 aromatic heterocycles. The van der Waals surface area contributed by atoms with Crippen LogP contribution in [0, 0.1) is 13.8 Å². The molecule has 2 rings (SSSR count). The Morgan fingerprint density at radius 3 is 2.54 bits per heavy atom. The molecular formula is C18H35IN6O. The van der Waals surface area contributed by atoms with Gasteiger partial charge in [-0.05, 0) is 46.6 Å². The summed E-state index contributed by atoms with van der Waals surface area (Å²) in [7, 11) is 1.97. The molecule has 0 saturated carbocycles. The first-order chi connectivity index (χ1) is 12.0. The highest BCUT2D eigenvalue weighted by atomic mass is 127. The van der Waals surface area contributed by atoms with Gasteiger partial charge in [-0.15, -0.1) is 24.0 Å². The van der Waals surface area contributed by atoms with Crippen LogP contribution in [0.3, 0.4) is 0 Å². The molecule has 0 amide bonds. The van der Waals surface area contributed by atoms with Crippen molar-refractivity contribution in [1.29, 1.82) is 0 Å². The Labute approximate surface area is 174 Å². The third-order valence-electron chi connectivity index (χ3n) is 4.90. The molecule has 7 nitrogen and oxygen atoms in total. The number of rotatable bonds is 7. The van der Waals surface area contributed by atoms with Gasteiger partial charge in [0.2, 0.25) is 0 Å². The lowest BCUT2D eigenvalue weighted by molar-refractivity contribution is 0.0823. The second kappa shape index (κ2) is 11.8. The van der Waals surface area contributed by atoms with Gasteiger partial charge in [-0.25, -0.2) is 4.99 Å². The first kappa shape index (κ1) is 23.2. The van der Waals surface area contributed by atoms with Crippen LogP contribution in [0.15, 0.2) is 4.99 Å². The smallest absolute Gasteiger partial charge is 0.191 e. The highest BCUT2D eigenvalue weighted by Gasteiger charge is 2.16. The predicted molar refractivity (Wildman–Crippen MR) is 117 cm³/mol. The largest absolute Gasteiger partial charge is 0.393 e. The molecule has 0 aliphatic carbocycles. The first-order valence-corrected chi connectivity index (χ1v) is 9.43. The van der Waals surface area contributed by atoms with Crippen molar-refractivity contribution in [3.8, 4) is 0 Å². The number of piperidine rings is 1. The zero-order valence-electron chi connectivity index (χ0n) is 16.6. The van der Waals surface area contributed by atoms with E-state index in [9.17, 15) is 5.11 Å². The number of hydrogen-bond acceptors (Lipinski definition) is 4. The van der Waals surface area contributed by atoms with Gasteiger partial charge in [0.05, 0.1) is 18.3 Å². The number of halogens is 1. The van der Waals surface area contributed by atoms with Crippen molar-refractivity contribution in [3.05, 3.63) is 17.0 Å². The average molecular weight is 478 g/mol. The van der Waals surface area contributed by atoms with Gasteiger partial charge in [0, 0.05) is 44.5 Å². The number of aromatic nitrogens is 2. The second-order valence-electron chi connectivity index (χ2n) is 6.82. The molecule has 0 bridgehead atoms. The summed E-state index contributed by atoms with van der Waals surface area (Å²) in [5.41, 5.74) is 3.42. The van der Waals surface area contributed by atoms with Crippen molar-refractivity contribution in [3.63, 3.8) is 0 Å². The van der Waals surface area contributed by atoms with E-state index in [1.807, 2.05) is 18.7 Å². The maximum atomic E-state index is 9.55. The van der Waals surface area contributed by atoms with E-state index in [0.717, 1.165) is 63.6 Å². The Balaban J connectivity index is 0.00000338. The van der Waals surface area contributed by atoms with Crippen LogP contribution < -0.4 is 10.6 Å². The number of aliphatic hydroxyl groups excluding tert-OH is 1. The third-order valence-corrected chi connectivity index (χ3v) is 4.90. The van der Waals surface area contributed by atoms with Gasteiger partial charge in [-0.2, -0.15) is 5.10 Å². The van der Waals surface area contributed by atoms with Crippen molar-refractivity contribution in [2.45, 2.75) is 52.7 Å². The summed E-state index contributed by atoms with van der Waals surface area (Å²) in [6.45, 7) is 11.7. The van der Waals surface area contributed by atoms with Gasteiger partial charge in [0.25, 0.3) is 0 Å². The molecular weight excluding hydrogens is 443 g/mol. The van der Waals surface area contributed by atoms with Crippen LogP contribution >= 0.6 is 24.0 Å². The fourth-order valence-corrected chi connectivity index (χ4v) is 3.20. The first-order valence-electron chi connectivity index (χ1n) is 9.43. The maximum absolute atomic E-state index is 9.55. The molecule has 0 spiro atoms. The minimum Gasteiger partial charge on any atom is -0.393 e. The second-order valence-corrected chi connectivity index (χ2v) is 6.82. The normalized spacial score (nSPS) is 16.4. The zero-order chi connectivity index (χ0) is 18.2. The van der Waals surface area contributed by atoms with E-state index < -0.39 is 0 Å². The van der Waals surface area contributed by atoms with Crippen molar-refractivity contribution >= 4 is 29.9 Å². The summed E-state index contributed by atoms with van der Waals surface area (Å²) in [4.78, 5) is 7.14. The number of aryl methyl sites for hydroxylation is 2. The van der Waals surface area contributed by atoms with E-state index in [1.54, 1.807) is 0 Å². The highest BCUT2D eigenvalue weighted by Crippen LogP contribution is 2.13. The Morgan fingerprint density at radius 2 is 1.96 bits per heavy atom. The summed E-state index contributed by atoms with van der Waals surface area (Å²) in [6, 6.07) is 0. The van der Waals surface area contributed by atoms with Gasteiger partial charge >= 0.3 is 0 Å². The van der Waals surface area contributed by atoms with Crippen LogP contribution in [0.25, 0.3) is 0 Å². The summed E-state index contributed by atoms with van der Waals surface area (Å²) in [5, 5.41) is 20.7. The molecule has 1 saturated heterocycles. The van der Waals surface area contributed by atoms with E-state index in [2.05, 4.69) is 34.5 Å². The molecule has 0 aromatic carbocycles. The Kier molecular flexibility index (Phi) is 10.5. The molecule has 2 heterocycles. The fraction of sp³-hybridized carbons (Fsp3) is 0.778. The Hall–Kier alpha value is -0.870. The van der Waals surface area contributed by atoms with Crippen molar-refractivity contribution in [2.24, 2.45) is 12.0 Å². The Morgan fingerprint density at radius 1 is 1.27 bits per heavy atom. The lowest BCUT2D eigenvalue weighted by atomic mass is 10.1.